The van der Waals surface area contributed by atoms with Crippen molar-refractivity contribution in [2.75, 3.05) is 25.4 Å². The zero-order chi connectivity index (χ0) is 11.6. The second kappa shape index (κ2) is 4.43. The van der Waals surface area contributed by atoms with Crippen LogP contribution in [0.3, 0.4) is 0 Å². The third kappa shape index (κ3) is 2.96. The van der Waals surface area contributed by atoms with Gasteiger partial charge in [-0.1, -0.05) is 0 Å². The van der Waals surface area contributed by atoms with Crippen LogP contribution < -0.4 is 5.73 Å². The van der Waals surface area contributed by atoms with Crippen LogP contribution in [0.25, 0.3) is 0 Å². The van der Waals surface area contributed by atoms with Gasteiger partial charge >= 0.3 is 0 Å². The van der Waals surface area contributed by atoms with E-state index in [9.17, 15) is 5.11 Å². The van der Waals surface area contributed by atoms with Crippen molar-refractivity contribution in [3.8, 4) is 0 Å². The summed E-state index contributed by atoms with van der Waals surface area (Å²) in [7, 11) is 0. The molecule has 0 amide bonds. The zero-order valence-electron chi connectivity index (χ0n) is 9.76. The van der Waals surface area contributed by atoms with Gasteiger partial charge in [0.15, 0.2) is 0 Å². The Hall–Kier alpha value is -1.07. The normalized spacial score (nSPS) is 21.1. The molecule has 0 saturated carbocycles. The highest BCUT2D eigenvalue weighted by Crippen LogP contribution is 2.20. The minimum Gasteiger partial charge on any atom is -0.390 e. The highest BCUT2D eigenvalue weighted by atomic mass is 16.3. The summed E-state index contributed by atoms with van der Waals surface area (Å²) in [4.78, 5) is 2.36. The van der Waals surface area contributed by atoms with Crippen molar-refractivity contribution >= 4 is 5.82 Å². The van der Waals surface area contributed by atoms with Crippen molar-refractivity contribution in [2.45, 2.75) is 31.9 Å². The van der Waals surface area contributed by atoms with Gasteiger partial charge in [0.05, 0.1) is 12.1 Å². The fourth-order valence-corrected chi connectivity index (χ4v) is 2.00. The van der Waals surface area contributed by atoms with Gasteiger partial charge in [-0.05, 0) is 25.8 Å². The number of nitrogens with two attached hydrogens (primary N) is 1. The number of nitrogen functional groups attached to an aromatic ring is 1. The number of aliphatic hydroxyl groups is 1. The Morgan fingerprint density at radius 3 is 2.69 bits per heavy atom. The number of aromatic nitrogens is 2. The molecule has 3 N–H and O–H groups in total. The highest BCUT2D eigenvalue weighted by Gasteiger charge is 2.26. The maximum Gasteiger partial charge on any atom is 0.145 e. The molecule has 0 radical (unpaired) electrons. The van der Waals surface area contributed by atoms with Crippen LogP contribution in [0.2, 0.25) is 0 Å². The van der Waals surface area contributed by atoms with Crippen LogP contribution in [0.5, 0.6) is 0 Å². The highest BCUT2D eigenvalue weighted by molar-refractivity contribution is 5.23. The molecule has 0 spiro atoms. The van der Waals surface area contributed by atoms with Gasteiger partial charge < -0.3 is 15.7 Å². The molecule has 5 heteroatoms. The Balaban J connectivity index is 1.75. The first-order valence-electron chi connectivity index (χ1n) is 5.79. The predicted octanol–water partition coefficient (Wildman–Crippen LogP) is 0.312. The van der Waals surface area contributed by atoms with E-state index < -0.39 is 5.60 Å². The number of anilines is 1. The van der Waals surface area contributed by atoms with Crippen molar-refractivity contribution in [1.29, 1.82) is 0 Å². The minimum absolute atomic E-state index is 0.466. The van der Waals surface area contributed by atoms with Crippen molar-refractivity contribution < 1.29 is 5.11 Å². The monoisotopic (exact) mass is 224 g/mol. The van der Waals surface area contributed by atoms with E-state index in [2.05, 4.69) is 10.00 Å². The van der Waals surface area contributed by atoms with E-state index in [0.717, 1.165) is 39.0 Å². The first-order valence-corrected chi connectivity index (χ1v) is 5.79. The third-order valence-electron chi connectivity index (χ3n) is 3.24. The smallest absolute Gasteiger partial charge is 0.145 e. The molecule has 1 aliphatic heterocycles. The van der Waals surface area contributed by atoms with Gasteiger partial charge in [-0.15, -0.1) is 0 Å². The number of likely N-dealkylation sites (tertiary alicyclic amines) is 1. The van der Waals surface area contributed by atoms with Gasteiger partial charge in [-0.3, -0.25) is 4.68 Å². The van der Waals surface area contributed by atoms with Crippen LogP contribution in [0, 0.1) is 0 Å². The van der Waals surface area contributed by atoms with Gasteiger partial charge in [0.1, 0.15) is 5.82 Å². The van der Waals surface area contributed by atoms with Crippen molar-refractivity contribution in [2.24, 2.45) is 0 Å². The lowest BCUT2D eigenvalue weighted by molar-refractivity contribution is -0.00607. The molecule has 2 rings (SSSR count). The van der Waals surface area contributed by atoms with Gasteiger partial charge in [-0.2, -0.15) is 5.10 Å². The lowest BCUT2D eigenvalue weighted by atomic mass is 9.94. The van der Waals surface area contributed by atoms with E-state index >= 15 is 0 Å². The molecule has 0 atom stereocenters. The van der Waals surface area contributed by atoms with Crippen molar-refractivity contribution in [3.63, 3.8) is 0 Å². The summed E-state index contributed by atoms with van der Waals surface area (Å²) in [5.41, 5.74) is 5.08. The molecule has 90 valence electrons. The molecule has 1 aliphatic rings. The maximum absolute atomic E-state index is 9.82. The Bertz CT molecular complexity index is 338. The number of nitrogens with zero attached hydrogens (tertiary/aromatic N) is 3. The Morgan fingerprint density at radius 2 is 2.12 bits per heavy atom. The Labute approximate surface area is 95.8 Å². The largest absolute Gasteiger partial charge is 0.390 e. The van der Waals surface area contributed by atoms with Crippen molar-refractivity contribution in [3.05, 3.63) is 12.3 Å². The first-order chi connectivity index (χ1) is 7.55. The van der Waals surface area contributed by atoms with Crippen LogP contribution in [0.1, 0.15) is 19.8 Å². The van der Waals surface area contributed by atoms with Crippen LogP contribution in [0.15, 0.2) is 12.3 Å². The topological polar surface area (TPSA) is 67.3 Å². The quantitative estimate of drug-likeness (QED) is 0.775. The van der Waals surface area contributed by atoms with Gasteiger partial charge in [0.2, 0.25) is 0 Å². The summed E-state index contributed by atoms with van der Waals surface area (Å²) in [6, 6.07) is 1.81. The predicted molar refractivity (Wildman–Crippen MR) is 62.9 cm³/mol. The first kappa shape index (κ1) is 11.4. The van der Waals surface area contributed by atoms with E-state index in [1.165, 1.54) is 0 Å². The van der Waals surface area contributed by atoms with Crippen LogP contribution in [0.4, 0.5) is 5.82 Å². The second-order valence-electron chi connectivity index (χ2n) is 4.84. The average molecular weight is 224 g/mol. The molecule has 1 fully saturated rings. The molecule has 1 saturated heterocycles. The molecule has 1 aromatic heterocycles. The van der Waals surface area contributed by atoms with E-state index in [0.29, 0.717) is 5.82 Å². The summed E-state index contributed by atoms with van der Waals surface area (Å²) < 4.78 is 1.86. The van der Waals surface area contributed by atoms with E-state index in [1.54, 1.807) is 6.07 Å². The fourth-order valence-electron chi connectivity index (χ4n) is 2.00. The number of hydrogen-bond acceptors (Lipinski definition) is 4. The third-order valence-corrected chi connectivity index (χ3v) is 3.24. The number of hydrogen-bond donors (Lipinski definition) is 2. The second-order valence-corrected chi connectivity index (χ2v) is 4.84. The molecule has 0 bridgehead atoms. The molecule has 0 unspecified atom stereocenters. The van der Waals surface area contributed by atoms with E-state index in [1.807, 2.05) is 17.8 Å². The average Bonchev–Trinajstić information content (AvgIpc) is 2.63. The number of rotatable bonds is 3. The molecular weight excluding hydrogens is 204 g/mol. The van der Waals surface area contributed by atoms with Crippen LogP contribution >= 0.6 is 0 Å². The Kier molecular flexibility index (Phi) is 3.16. The zero-order valence-corrected chi connectivity index (χ0v) is 9.76. The van der Waals surface area contributed by atoms with E-state index in [-0.39, 0.29) is 0 Å². The molecule has 2 heterocycles. The molecule has 16 heavy (non-hydrogen) atoms. The minimum atomic E-state index is -0.466. The Morgan fingerprint density at radius 1 is 1.44 bits per heavy atom. The van der Waals surface area contributed by atoms with Gasteiger partial charge in [0.25, 0.3) is 0 Å². The summed E-state index contributed by atoms with van der Waals surface area (Å²) in [6.07, 6.45) is 3.61. The number of piperidine rings is 1. The lowest BCUT2D eigenvalue weighted by Crippen LogP contribution is -2.43. The summed E-state index contributed by atoms with van der Waals surface area (Å²) >= 11 is 0. The molecule has 0 aromatic carbocycles. The van der Waals surface area contributed by atoms with Crippen LogP contribution in [-0.4, -0.2) is 45.0 Å². The van der Waals surface area contributed by atoms with Crippen LogP contribution in [-0.2, 0) is 6.54 Å². The standard InChI is InChI=1S/C11H20N4O/c1-11(16)3-6-14(7-4-11)8-9-15-5-2-10(12)13-15/h2,5,16H,3-4,6-9H2,1H3,(H2,12,13). The summed E-state index contributed by atoms with van der Waals surface area (Å²) in [5, 5.41) is 14.0. The summed E-state index contributed by atoms with van der Waals surface area (Å²) in [6.45, 7) is 5.67. The molecule has 0 aliphatic carbocycles. The molecule has 5 nitrogen and oxygen atoms in total. The van der Waals surface area contributed by atoms with E-state index in [4.69, 9.17) is 5.73 Å². The fraction of sp³-hybridized carbons (Fsp3) is 0.727. The van der Waals surface area contributed by atoms with Gasteiger partial charge in [0, 0.05) is 25.8 Å². The lowest BCUT2D eigenvalue weighted by Gasteiger charge is -2.35. The molecule has 1 aromatic rings. The molecular formula is C11H20N4O. The summed E-state index contributed by atoms with van der Waals surface area (Å²) in [5.74, 6) is 0.571. The van der Waals surface area contributed by atoms with Crippen molar-refractivity contribution in [1.82, 2.24) is 14.7 Å². The SMILES string of the molecule is CC1(O)CCN(CCn2ccc(N)n2)CC1. The van der Waals surface area contributed by atoms with Gasteiger partial charge in [-0.25, -0.2) is 0 Å². The maximum atomic E-state index is 9.82.